The van der Waals surface area contributed by atoms with E-state index in [0.717, 1.165) is 18.2 Å². The van der Waals surface area contributed by atoms with Crippen molar-refractivity contribution in [2.45, 2.75) is 12.5 Å². The van der Waals surface area contributed by atoms with Crippen LogP contribution in [-0.4, -0.2) is 13.5 Å². The molecule has 0 fully saturated rings. The van der Waals surface area contributed by atoms with Gasteiger partial charge in [0.15, 0.2) is 11.6 Å². The highest BCUT2D eigenvalue weighted by molar-refractivity contribution is 5.21. The maximum Gasteiger partial charge on any atom is 0.257 e. The molecule has 0 spiro atoms. The molecule has 0 bridgehead atoms. The Hall–Kier alpha value is -1.10. The fourth-order valence-electron chi connectivity index (χ4n) is 1.14. The fraction of sp³-hybridized carbons (Fsp3) is 0.333. The number of halogens is 4. The summed E-state index contributed by atoms with van der Waals surface area (Å²) in [4.78, 5) is 0. The minimum Gasteiger partial charge on any atom is -0.308 e. The Morgan fingerprint density at radius 1 is 1.14 bits per heavy atom. The zero-order valence-electron chi connectivity index (χ0n) is 7.40. The average Bonchev–Trinajstić information content (AvgIpc) is 2.11. The number of alkyl halides is 2. The lowest BCUT2D eigenvalue weighted by Crippen LogP contribution is -2.23. The van der Waals surface area contributed by atoms with E-state index in [4.69, 9.17) is 0 Å². The zero-order valence-corrected chi connectivity index (χ0v) is 7.40. The Morgan fingerprint density at radius 3 is 2.21 bits per heavy atom. The number of hydrogen-bond donors (Lipinski definition) is 1. The largest absolute Gasteiger partial charge is 0.308 e. The summed E-state index contributed by atoms with van der Waals surface area (Å²) in [6.45, 7) is 0. The summed E-state index contributed by atoms with van der Waals surface area (Å²) < 4.78 is 49.9. The van der Waals surface area contributed by atoms with Crippen molar-refractivity contribution in [3.05, 3.63) is 35.4 Å². The van der Waals surface area contributed by atoms with Crippen LogP contribution in [0.15, 0.2) is 18.2 Å². The lowest BCUT2D eigenvalue weighted by atomic mass is 10.1. The molecule has 0 aliphatic heterocycles. The van der Waals surface area contributed by atoms with Crippen LogP contribution in [-0.2, 0) is 0 Å². The van der Waals surface area contributed by atoms with E-state index in [-0.39, 0.29) is 5.56 Å². The van der Waals surface area contributed by atoms with Crippen LogP contribution in [0.25, 0.3) is 0 Å². The van der Waals surface area contributed by atoms with Gasteiger partial charge in [0, 0.05) is 0 Å². The molecule has 1 rings (SSSR count). The van der Waals surface area contributed by atoms with Crippen LogP contribution in [0, 0.1) is 11.6 Å². The molecule has 0 heterocycles. The van der Waals surface area contributed by atoms with Crippen molar-refractivity contribution in [3.63, 3.8) is 0 Å². The third-order valence-corrected chi connectivity index (χ3v) is 1.87. The Morgan fingerprint density at radius 2 is 1.79 bits per heavy atom. The topological polar surface area (TPSA) is 12.0 Å². The van der Waals surface area contributed by atoms with Gasteiger partial charge < -0.3 is 5.32 Å². The van der Waals surface area contributed by atoms with E-state index in [0.29, 0.717) is 0 Å². The third kappa shape index (κ3) is 2.23. The van der Waals surface area contributed by atoms with Gasteiger partial charge in [-0.3, -0.25) is 0 Å². The molecule has 0 aliphatic rings. The summed E-state index contributed by atoms with van der Waals surface area (Å²) in [6, 6.07) is 1.45. The van der Waals surface area contributed by atoms with Gasteiger partial charge in [-0.15, -0.1) is 0 Å². The first-order chi connectivity index (χ1) is 6.56. The van der Waals surface area contributed by atoms with E-state index >= 15 is 0 Å². The molecule has 14 heavy (non-hydrogen) atoms. The maximum absolute atomic E-state index is 12.7. The summed E-state index contributed by atoms with van der Waals surface area (Å²) in [5, 5.41) is 2.33. The first kappa shape index (κ1) is 11.0. The van der Waals surface area contributed by atoms with Crippen LogP contribution in [0.4, 0.5) is 17.6 Å². The van der Waals surface area contributed by atoms with E-state index in [1.165, 1.54) is 7.05 Å². The third-order valence-electron chi connectivity index (χ3n) is 1.87. The normalized spacial score (nSPS) is 13.3. The van der Waals surface area contributed by atoms with Gasteiger partial charge in [0.2, 0.25) is 0 Å². The second-order valence-electron chi connectivity index (χ2n) is 2.77. The molecule has 1 aromatic carbocycles. The first-order valence-corrected chi connectivity index (χ1v) is 3.96. The predicted octanol–water partition coefficient (Wildman–Crippen LogP) is 2.49. The quantitative estimate of drug-likeness (QED) is 0.751. The molecule has 0 amide bonds. The zero-order chi connectivity index (χ0) is 10.7. The Labute approximate surface area is 78.7 Å². The van der Waals surface area contributed by atoms with E-state index in [2.05, 4.69) is 5.32 Å². The Kier molecular flexibility index (Phi) is 3.46. The second-order valence-corrected chi connectivity index (χ2v) is 2.77. The molecule has 0 saturated heterocycles. The van der Waals surface area contributed by atoms with Gasteiger partial charge in [-0.2, -0.15) is 0 Å². The standard InChI is InChI=1S/C9H9F4N/c1-14-8(9(12)13)5-2-3-6(10)7(11)4-5/h2-4,8-9,14H,1H3. The Balaban J connectivity index is 3.00. The molecule has 0 aliphatic carbocycles. The predicted molar refractivity (Wildman–Crippen MR) is 44.2 cm³/mol. The van der Waals surface area contributed by atoms with Crippen molar-refractivity contribution in [2.24, 2.45) is 0 Å². The lowest BCUT2D eigenvalue weighted by Gasteiger charge is -2.15. The molecule has 5 heteroatoms. The van der Waals surface area contributed by atoms with Gasteiger partial charge in [0.05, 0.1) is 6.04 Å². The van der Waals surface area contributed by atoms with Crippen molar-refractivity contribution >= 4 is 0 Å². The van der Waals surface area contributed by atoms with Gasteiger partial charge in [0.1, 0.15) is 0 Å². The van der Waals surface area contributed by atoms with Crippen LogP contribution in [0.1, 0.15) is 11.6 Å². The summed E-state index contributed by atoms with van der Waals surface area (Å²) in [5.74, 6) is -2.17. The number of nitrogens with one attached hydrogen (secondary N) is 1. The molecule has 78 valence electrons. The summed E-state index contributed by atoms with van der Waals surface area (Å²) >= 11 is 0. The molecule has 1 unspecified atom stereocenters. The summed E-state index contributed by atoms with van der Waals surface area (Å²) in [7, 11) is 1.33. The molecule has 1 aromatic rings. The average molecular weight is 207 g/mol. The van der Waals surface area contributed by atoms with Crippen LogP contribution >= 0.6 is 0 Å². The van der Waals surface area contributed by atoms with E-state index in [9.17, 15) is 17.6 Å². The van der Waals surface area contributed by atoms with Gasteiger partial charge in [-0.1, -0.05) is 6.07 Å². The minimum absolute atomic E-state index is 0.0291. The number of benzene rings is 1. The molecule has 1 atom stereocenters. The van der Waals surface area contributed by atoms with Crippen LogP contribution < -0.4 is 5.32 Å². The SMILES string of the molecule is CNC(c1ccc(F)c(F)c1)C(F)F. The molecule has 0 radical (unpaired) electrons. The smallest absolute Gasteiger partial charge is 0.257 e. The van der Waals surface area contributed by atoms with Crippen molar-refractivity contribution in [1.82, 2.24) is 5.32 Å². The van der Waals surface area contributed by atoms with Gasteiger partial charge in [0.25, 0.3) is 6.43 Å². The number of rotatable bonds is 3. The molecule has 1 nitrogen and oxygen atoms in total. The van der Waals surface area contributed by atoms with Gasteiger partial charge in [-0.05, 0) is 24.7 Å². The Bertz CT molecular complexity index is 314. The van der Waals surface area contributed by atoms with E-state index < -0.39 is 24.1 Å². The van der Waals surface area contributed by atoms with Crippen molar-refractivity contribution in [2.75, 3.05) is 7.05 Å². The molecule has 0 saturated carbocycles. The highest BCUT2D eigenvalue weighted by atomic mass is 19.3. The fourth-order valence-corrected chi connectivity index (χ4v) is 1.14. The summed E-state index contributed by atoms with van der Waals surface area (Å²) in [5.41, 5.74) is 0.0291. The van der Waals surface area contributed by atoms with E-state index in [1.807, 2.05) is 0 Å². The van der Waals surface area contributed by atoms with Crippen molar-refractivity contribution in [3.8, 4) is 0 Å². The van der Waals surface area contributed by atoms with Crippen LogP contribution in [0.5, 0.6) is 0 Å². The summed E-state index contributed by atoms with van der Waals surface area (Å²) in [6.07, 6.45) is -2.66. The van der Waals surface area contributed by atoms with Gasteiger partial charge in [-0.25, -0.2) is 17.6 Å². The number of hydrogen-bond acceptors (Lipinski definition) is 1. The van der Waals surface area contributed by atoms with Crippen LogP contribution in [0.2, 0.25) is 0 Å². The molecule has 1 N–H and O–H groups in total. The van der Waals surface area contributed by atoms with Crippen molar-refractivity contribution in [1.29, 1.82) is 0 Å². The van der Waals surface area contributed by atoms with Crippen LogP contribution in [0.3, 0.4) is 0 Å². The highest BCUT2D eigenvalue weighted by Crippen LogP contribution is 2.21. The highest BCUT2D eigenvalue weighted by Gasteiger charge is 2.21. The molecule has 0 aromatic heterocycles. The second kappa shape index (κ2) is 4.41. The lowest BCUT2D eigenvalue weighted by molar-refractivity contribution is 0.102. The first-order valence-electron chi connectivity index (χ1n) is 3.96. The molecular weight excluding hydrogens is 198 g/mol. The van der Waals surface area contributed by atoms with Gasteiger partial charge >= 0.3 is 0 Å². The minimum atomic E-state index is -2.66. The monoisotopic (exact) mass is 207 g/mol. The van der Waals surface area contributed by atoms with E-state index in [1.54, 1.807) is 0 Å². The van der Waals surface area contributed by atoms with Crippen molar-refractivity contribution < 1.29 is 17.6 Å². The maximum atomic E-state index is 12.7. The molecular formula is C9H9F4N.